The van der Waals surface area contributed by atoms with Crippen LogP contribution in [-0.4, -0.2) is 178 Å². The van der Waals surface area contributed by atoms with Gasteiger partial charge in [-0.3, -0.25) is 29.3 Å². The summed E-state index contributed by atoms with van der Waals surface area (Å²) in [6, 6.07) is 18.6. The number of benzene rings is 2. The molecule has 17 heteroatoms. The van der Waals surface area contributed by atoms with Crippen LogP contribution in [0.1, 0.15) is 68.7 Å². The number of rotatable bonds is 8. The van der Waals surface area contributed by atoms with E-state index in [0.29, 0.717) is 99.5 Å². The third-order valence-corrected chi connectivity index (χ3v) is 14.9. The van der Waals surface area contributed by atoms with Gasteiger partial charge in [-0.2, -0.15) is 14.9 Å². The molecule has 4 amide bonds. The molecule has 2 unspecified atom stereocenters. The lowest BCUT2D eigenvalue weighted by Gasteiger charge is -2.26. The van der Waals surface area contributed by atoms with E-state index in [2.05, 4.69) is 102 Å². The molecule has 6 heterocycles. The minimum atomic E-state index is -0.283. The second-order valence-electron chi connectivity index (χ2n) is 19.4. The summed E-state index contributed by atoms with van der Waals surface area (Å²) in [5.41, 5.74) is 6.39. The highest BCUT2D eigenvalue weighted by Gasteiger charge is 2.45. The largest absolute Gasteiger partial charge is 0.378 e. The van der Waals surface area contributed by atoms with E-state index in [1.807, 2.05) is 4.90 Å². The number of aryl methyl sites for hydroxylation is 2. The number of aromatic nitrogens is 4. The third-order valence-electron chi connectivity index (χ3n) is 14.7. The fourth-order valence-electron chi connectivity index (χ4n) is 10.7. The first kappa shape index (κ1) is 48.3. The summed E-state index contributed by atoms with van der Waals surface area (Å²) in [5.74, 6) is 2.28. The van der Waals surface area contributed by atoms with Crippen LogP contribution in [0.5, 0.6) is 0 Å². The Morgan fingerprint density at radius 3 is 1.48 bits per heavy atom. The third kappa shape index (κ3) is 12.3. The van der Waals surface area contributed by atoms with E-state index in [1.165, 1.54) is 52.2 Å². The second-order valence-corrected chi connectivity index (χ2v) is 19.7. The molecule has 2 aromatic heterocycles. The van der Waals surface area contributed by atoms with Crippen molar-refractivity contribution in [1.29, 1.82) is 0 Å². The van der Waals surface area contributed by atoms with E-state index >= 15 is 0 Å². The molecule has 6 aliphatic rings. The van der Waals surface area contributed by atoms with Crippen molar-refractivity contribution in [1.82, 2.24) is 49.4 Å². The summed E-state index contributed by atoms with van der Waals surface area (Å²) < 4.78 is 11.8. The zero-order valence-electron chi connectivity index (χ0n) is 39.5. The summed E-state index contributed by atoms with van der Waals surface area (Å²) in [7, 11) is 4.43. The predicted octanol–water partition coefficient (Wildman–Crippen LogP) is 5.85. The van der Waals surface area contributed by atoms with Gasteiger partial charge < -0.3 is 29.1 Å². The summed E-state index contributed by atoms with van der Waals surface area (Å²) in [5, 5.41) is 10.3. The van der Waals surface area contributed by atoms with Gasteiger partial charge in [0, 0.05) is 89.9 Å². The number of hydrogen-bond donors (Lipinski definition) is 1. The number of likely N-dealkylation sites (tertiary alicyclic amines) is 2. The lowest BCUT2D eigenvalue weighted by atomic mass is 10.0. The molecule has 4 aliphatic heterocycles. The Labute approximate surface area is 399 Å². The molecule has 2 aliphatic carbocycles. The number of amides is 4. The average Bonchev–Trinajstić information content (AvgIpc) is 4.21. The number of nitrogens with zero attached hydrogens (tertiary/aromatic N) is 9. The summed E-state index contributed by atoms with van der Waals surface area (Å²) in [4.78, 5) is 60.8. The molecular formula is C50H67ClN10O6. The van der Waals surface area contributed by atoms with Gasteiger partial charge in [0.1, 0.15) is 0 Å². The average molecular weight is 940 g/mol. The minimum absolute atomic E-state index is 0.0250. The Morgan fingerprint density at radius 2 is 1.06 bits per heavy atom. The number of carbonyl (C=O) groups is 4. The Bertz CT molecular complexity index is 2230. The number of ether oxygens (including phenoxy) is 2. The second kappa shape index (κ2) is 22.3. The van der Waals surface area contributed by atoms with Crippen LogP contribution in [-0.2, 0) is 22.6 Å². The Morgan fingerprint density at radius 1 is 0.627 bits per heavy atom. The molecule has 6 atom stereocenters. The van der Waals surface area contributed by atoms with Crippen molar-refractivity contribution in [2.75, 3.05) is 92.9 Å². The zero-order chi connectivity index (χ0) is 47.0. The fourth-order valence-corrected chi connectivity index (χ4v) is 10.9. The van der Waals surface area contributed by atoms with Crippen LogP contribution in [0.15, 0.2) is 73.3 Å². The van der Waals surface area contributed by atoms with Gasteiger partial charge in [0.2, 0.25) is 0 Å². The van der Waals surface area contributed by atoms with Crippen LogP contribution in [0.3, 0.4) is 0 Å². The minimum Gasteiger partial charge on any atom is -0.378 e. The van der Waals surface area contributed by atoms with E-state index in [4.69, 9.17) is 21.1 Å². The van der Waals surface area contributed by atoms with Gasteiger partial charge in [0.25, 0.3) is 11.8 Å². The van der Waals surface area contributed by atoms with Gasteiger partial charge in [-0.1, -0.05) is 59.7 Å². The smallest absolute Gasteiger partial charge is 0.344 e. The molecule has 2 aromatic carbocycles. The molecule has 16 nitrogen and oxygen atoms in total. The van der Waals surface area contributed by atoms with Crippen molar-refractivity contribution in [2.45, 2.75) is 64.7 Å². The van der Waals surface area contributed by atoms with Crippen LogP contribution >= 0.6 is 11.6 Å². The maximum absolute atomic E-state index is 13.0. The van der Waals surface area contributed by atoms with Crippen molar-refractivity contribution >= 4 is 34.8 Å². The van der Waals surface area contributed by atoms with Gasteiger partial charge in [-0.05, 0) is 100 Å². The van der Waals surface area contributed by atoms with Crippen LogP contribution in [0.4, 0.5) is 9.59 Å². The van der Waals surface area contributed by atoms with Gasteiger partial charge >= 0.3 is 11.4 Å². The molecule has 0 bridgehead atoms. The predicted molar refractivity (Wildman–Crippen MR) is 255 cm³/mol. The first-order valence-electron chi connectivity index (χ1n) is 23.9. The molecule has 10 rings (SSSR count). The topological polar surface area (TPSA) is 153 Å². The number of morpholine rings is 2. The lowest BCUT2D eigenvalue weighted by Crippen LogP contribution is -2.40. The normalized spacial score (nSPS) is 24.5. The number of hydrogen-bond acceptors (Lipinski definition) is 10. The van der Waals surface area contributed by atoms with Crippen molar-refractivity contribution in [3.63, 3.8) is 0 Å². The lowest BCUT2D eigenvalue weighted by molar-refractivity contribution is 0.0301. The molecule has 360 valence electrons. The zero-order valence-corrected chi connectivity index (χ0v) is 40.2. The van der Waals surface area contributed by atoms with Gasteiger partial charge in [0.05, 0.1) is 49.9 Å². The van der Waals surface area contributed by atoms with Crippen molar-refractivity contribution in [3.05, 3.63) is 107 Å². The van der Waals surface area contributed by atoms with E-state index in [0.717, 1.165) is 52.1 Å². The SMILES string of the molecule is Cc1ccc(CN(C)C2C[C@@H]3CN(C(=O)Cl)C[C@@H]3C2)cc1.Cc1ccc(CN(C)C2C[C@@H]3CN(C(=O)n4cc(C(=O)N5CCOCC5)cn4)C[C@@H]3C2)cc1.O=C(c1cn[nH]c1)N1CCOCC1. The van der Waals surface area contributed by atoms with Gasteiger partial charge in [-0.15, -0.1) is 0 Å². The highest BCUT2D eigenvalue weighted by Crippen LogP contribution is 2.41. The van der Waals surface area contributed by atoms with Crippen LogP contribution in [0, 0.1) is 37.5 Å². The van der Waals surface area contributed by atoms with E-state index in [9.17, 15) is 19.2 Å². The molecule has 0 radical (unpaired) electrons. The van der Waals surface area contributed by atoms with Crippen molar-refractivity contribution in [2.24, 2.45) is 23.7 Å². The Hall–Kier alpha value is -5.13. The number of halogens is 1. The van der Waals surface area contributed by atoms with Crippen molar-refractivity contribution < 1.29 is 28.7 Å². The summed E-state index contributed by atoms with van der Waals surface area (Å²) in [6.07, 6.45) is 10.8. The van der Waals surface area contributed by atoms with E-state index in [1.54, 1.807) is 27.1 Å². The molecule has 6 fully saturated rings. The summed E-state index contributed by atoms with van der Waals surface area (Å²) in [6.45, 7) is 14.3. The van der Waals surface area contributed by atoms with Crippen LogP contribution < -0.4 is 0 Å². The number of nitrogens with one attached hydrogen (secondary N) is 1. The van der Waals surface area contributed by atoms with E-state index < -0.39 is 0 Å². The first-order valence-corrected chi connectivity index (χ1v) is 24.3. The molecule has 67 heavy (non-hydrogen) atoms. The van der Waals surface area contributed by atoms with Crippen molar-refractivity contribution in [3.8, 4) is 0 Å². The number of carbonyl (C=O) groups excluding carboxylic acids is 4. The van der Waals surface area contributed by atoms with Crippen LogP contribution in [0.2, 0.25) is 0 Å². The number of aromatic amines is 1. The molecule has 2 saturated carbocycles. The van der Waals surface area contributed by atoms with Crippen LogP contribution in [0.25, 0.3) is 0 Å². The molecule has 4 saturated heterocycles. The molecule has 1 N–H and O–H groups in total. The number of fused-ring (bicyclic) bond motifs is 2. The Kier molecular flexibility index (Phi) is 16.1. The number of H-pyrrole nitrogens is 1. The van der Waals surface area contributed by atoms with E-state index in [-0.39, 0.29) is 23.2 Å². The molecular weight excluding hydrogens is 872 g/mol. The summed E-state index contributed by atoms with van der Waals surface area (Å²) >= 11 is 5.59. The highest BCUT2D eigenvalue weighted by molar-refractivity contribution is 6.62. The maximum Gasteiger partial charge on any atom is 0.344 e. The fraction of sp³-hybridized carbons (Fsp3) is 0.560. The monoisotopic (exact) mass is 938 g/mol. The quantitative estimate of drug-likeness (QED) is 0.168. The first-order chi connectivity index (χ1) is 32.4. The Balaban J connectivity index is 0.000000152. The molecule has 4 aromatic rings. The standard InChI is InChI=1S/C25H33N5O3.C17H23ClN2O.C8H11N3O2/c1-18-3-5-19(6-4-18)14-27(2)23-11-20-15-29(16-21(20)12-23)25(32)30-17-22(13-26-30)24(31)28-7-9-33-10-8-28;1-12-3-5-13(6-4-12)9-19(2)16-7-14-10-20(17(18)21)11-15(14)8-16;12-8(7-5-9-10-6-7)11-1-3-13-4-2-11/h3-6,13,17,20-21,23H,7-12,14-16H2,1-2H3;3-6,14-16H,7-11H2,1-2H3;5-6H,1-4H2,(H,9,10)/t20-,21+,23?;14-,15+,16?;. The maximum atomic E-state index is 13.0. The highest BCUT2D eigenvalue weighted by atomic mass is 35.5. The van der Waals surface area contributed by atoms with Gasteiger partial charge in [-0.25, -0.2) is 4.79 Å². The molecule has 0 spiro atoms. The van der Waals surface area contributed by atoms with Gasteiger partial charge in [0.15, 0.2) is 0 Å².